The van der Waals surface area contributed by atoms with E-state index in [1.165, 1.54) is 19.9 Å². The van der Waals surface area contributed by atoms with E-state index in [2.05, 4.69) is 6.58 Å². The molecule has 2 bridgehead atoms. The molecule has 41 heavy (non-hydrogen) atoms. The molecule has 9 unspecified atom stereocenters. The highest BCUT2D eigenvalue weighted by molar-refractivity contribution is 5.88. The molecule has 1 N–H and O–H groups in total. The summed E-state index contributed by atoms with van der Waals surface area (Å²) in [7, 11) is 0. The quantitative estimate of drug-likeness (QED) is 0.242. The second-order valence-electron chi connectivity index (χ2n) is 13.1. The van der Waals surface area contributed by atoms with E-state index in [1.54, 1.807) is 6.08 Å². The Bertz CT molecular complexity index is 1330. The molecule has 0 radical (unpaired) electrons. The Morgan fingerprint density at radius 1 is 1.00 bits per heavy atom. The fourth-order valence-electron chi connectivity index (χ4n) is 9.89. The Balaban J connectivity index is 1.68. The standard InChI is InChI=1S/C33H40O8/c1-18-24(36)17-23-28(39-20(3)34)33-19(2)25(41-26(37)14-13-22-11-9-8-10-12-22)15-16-31(33,7)29(40-21(4)35)27(38)32(18,33)30(23,5)6/h8-14,18,23,25,27-29,38H,2,15-17H2,1,3-7H3. The van der Waals surface area contributed by atoms with E-state index in [-0.39, 0.29) is 12.2 Å². The van der Waals surface area contributed by atoms with Crippen molar-refractivity contribution in [3.05, 3.63) is 54.1 Å². The number of benzene rings is 1. The van der Waals surface area contributed by atoms with Crippen molar-refractivity contribution < 1.29 is 38.5 Å². The minimum atomic E-state index is -1.25. The lowest BCUT2D eigenvalue weighted by Crippen LogP contribution is -2.63. The monoisotopic (exact) mass is 564 g/mol. The summed E-state index contributed by atoms with van der Waals surface area (Å²) in [4.78, 5) is 51.8. The second-order valence-corrected chi connectivity index (χ2v) is 13.1. The van der Waals surface area contributed by atoms with Crippen LogP contribution in [0.1, 0.15) is 66.4 Å². The number of rotatable bonds is 5. The number of hydrogen-bond acceptors (Lipinski definition) is 8. The van der Waals surface area contributed by atoms with Crippen LogP contribution in [0.3, 0.4) is 0 Å². The molecular formula is C33H40O8. The van der Waals surface area contributed by atoms with Gasteiger partial charge in [0.1, 0.15) is 24.1 Å². The average Bonchev–Trinajstić information content (AvgIpc) is 3.13. The zero-order chi connectivity index (χ0) is 30.1. The second kappa shape index (κ2) is 9.65. The fourth-order valence-corrected chi connectivity index (χ4v) is 9.89. The highest BCUT2D eigenvalue weighted by Gasteiger charge is 2.91. The Morgan fingerprint density at radius 2 is 1.61 bits per heavy atom. The van der Waals surface area contributed by atoms with E-state index < -0.39 is 75.8 Å². The van der Waals surface area contributed by atoms with E-state index in [4.69, 9.17) is 14.2 Å². The molecule has 4 aliphatic rings. The zero-order valence-electron chi connectivity index (χ0n) is 24.6. The number of Topliss-reactive ketones (excluding diaryl/α,β-unsaturated/α-hetero) is 1. The molecular weight excluding hydrogens is 524 g/mol. The summed E-state index contributed by atoms with van der Waals surface area (Å²) in [6, 6.07) is 9.37. The third-order valence-electron chi connectivity index (χ3n) is 11.2. The molecule has 8 heteroatoms. The Kier molecular flexibility index (Phi) is 6.88. The summed E-state index contributed by atoms with van der Waals surface area (Å²) < 4.78 is 18.1. The first-order valence-electron chi connectivity index (χ1n) is 14.4. The van der Waals surface area contributed by atoms with Crippen LogP contribution in [-0.2, 0) is 33.4 Å². The molecule has 1 aromatic carbocycles. The highest BCUT2D eigenvalue weighted by Crippen LogP contribution is 2.86. The van der Waals surface area contributed by atoms with Gasteiger partial charge in [-0.25, -0.2) is 4.79 Å². The molecule has 4 fully saturated rings. The smallest absolute Gasteiger partial charge is 0.331 e. The molecule has 220 valence electrons. The van der Waals surface area contributed by atoms with Crippen LogP contribution in [-0.4, -0.2) is 53.2 Å². The number of aliphatic hydroxyl groups is 1. The van der Waals surface area contributed by atoms with Gasteiger partial charge in [0, 0.05) is 49.0 Å². The molecule has 0 amide bonds. The molecule has 2 spiro atoms. The van der Waals surface area contributed by atoms with Gasteiger partial charge in [0.2, 0.25) is 0 Å². The van der Waals surface area contributed by atoms with E-state index in [1.807, 2.05) is 58.0 Å². The Labute approximate surface area is 241 Å². The van der Waals surface area contributed by atoms with Crippen molar-refractivity contribution in [3.8, 4) is 0 Å². The van der Waals surface area contributed by atoms with E-state index >= 15 is 0 Å². The number of carbonyl (C=O) groups is 4. The van der Waals surface area contributed by atoms with Gasteiger partial charge >= 0.3 is 17.9 Å². The number of fused-ring (bicyclic) bond motifs is 1. The van der Waals surface area contributed by atoms with Crippen molar-refractivity contribution in [2.45, 2.75) is 85.2 Å². The van der Waals surface area contributed by atoms with Gasteiger partial charge < -0.3 is 19.3 Å². The number of ketones is 1. The van der Waals surface area contributed by atoms with Crippen LogP contribution in [0.4, 0.5) is 0 Å². The van der Waals surface area contributed by atoms with Crippen LogP contribution in [0.5, 0.6) is 0 Å². The van der Waals surface area contributed by atoms with Crippen LogP contribution in [0.15, 0.2) is 48.6 Å². The van der Waals surface area contributed by atoms with E-state index in [0.29, 0.717) is 18.4 Å². The third kappa shape index (κ3) is 3.62. The first kappa shape index (κ1) is 29.2. The van der Waals surface area contributed by atoms with Gasteiger partial charge in [-0.05, 0) is 35.5 Å². The molecule has 1 aromatic rings. The number of ether oxygens (including phenoxy) is 3. The Hall–Kier alpha value is -3.26. The summed E-state index contributed by atoms with van der Waals surface area (Å²) in [5.74, 6) is -2.78. The minimum absolute atomic E-state index is 0.0501. The molecule has 9 atom stereocenters. The summed E-state index contributed by atoms with van der Waals surface area (Å²) in [5, 5.41) is 12.3. The van der Waals surface area contributed by atoms with Gasteiger partial charge in [-0.15, -0.1) is 0 Å². The predicted octanol–water partition coefficient (Wildman–Crippen LogP) is 4.44. The molecule has 4 aliphatic carbocycles. The first-order valence-corrected chi connectivity index (χ1v) is 14.4. The molecule has 8 nitrogen and oxygen atoms in total. The molecule has 0 saturated heterocycles. The minimum Gasteiger partial charge on any atom is -0.461 e. The van der Waals surface area contributed by atoms with Gasteiger partial charge in [-0.2, -0.15) is 0 Å². The van der Waals surface area contributed by atoms with Crippen molar-refractivity contribution in [1.82, 2.24) is 0 Å². The van der Waals surface area contributed by atoms with E-state index in [0.717, 1.165) is 5.56 Å². The van der Waals surface area contributed by atoms with Crippen molar-refractivity contribution in [2.75, 3.05) is 0 Å². The number of hydrogen-bond donors (Lipinski definition) is 1. The van der Waals surface area contributed by atoms with Gasteiger partial charge in [0.25, 0.3) is 0 Å². The summed E-state index contributed by atoms with van der Waals surface area (Å²) >= 11 is 0. The SMILES string of the molecule is C=C1C(OC(=O)C=Cc2ccccc2)CCC2(C)C(OC(C)=O)C(O)C34C(C)C(=O)CC(C(OC(C)=O)C123)C4(C)C. The molecule has 0 aromatic heterocycles. The summed E-state index contributed by atoms with van der Waals surface area (Å²) in [6.45, 7) is 14.9. The summed E-state index contributed by atoms with van der Waals surface area (Å²) in [6.07, 6.45) is 0.0890. The first-order chi connectivity index (χ1) is 19.2. The lowest BCUT2D eigenvalue weighted by molar-refractivity contribution is -0.182. The number of carbonyl (C=O) groups excluding carboxylic acids is 4. The van der Waals surface area contributed by atoms with Crippen LogP contribution < -0.4 is 0 Å². The zero-order valence-corrected chi connectivity index (χ0v) is 24.6. The van der Waals surface area contributed by atoms with Gasteiger partial charge in [-0.3, -0.25) is 14.4 Å². The van der Waals surface area contributed by atoms with Gasteiger partial charge in [0.15, 0.2) is 0 Å². The Morgan fingerprint density at radius 3 is 2.22 bits per heavy atom. The highest BCUT2D eigenvalue weighted by atomic mass is 16.6. The third-order valence-corrected chi connectivity index (χ3v) is 11.2. The van der Waals surface area contributed by atoms with E-state index in [9.17, 15) is 24.3 Å². The maximum absolute atomic E-state index is 13.7. The lowest BCUT2D eigenvalue weighted by atomic mass is 9.42. The van der Waals surface area contributed by atoms with Crippen molar-refractivity contribution in [3.63, 3.8) is 0 Å². The van der Waals surface area contributed by atoms with Crippen LogP contribution in [0.2, 0.25) is 0 Å². The van der Waals surface area contributed by atoms with Crippen molar-refractivity contribution in [1.29, 1.82) is 0 Å². The predicted molar refractivity (Wildman–Crippen MR) is 150 cm³/mol. The maximum atomic E-state index is 13.7. The molecule has 4 saturated carbocycles. The fraction of sp³-hybridized carbons (Fsp3) is 0.576. The maximum Gasteiger partial charge on any atom is 0.331 e. The molecule has 0 aliphatic heterocycles. The van der Waals surface area contributed by atoms with Gasteiger partial charge in [-0.1, -0.05) is 64.6 Å². The normalized spacial score (nSPS) is 40.6. The average molecular weight is 565 g/mol. The van der Waals surface area contributed by atoms with Crippen molar-refractivity contribution >= 4 is 29.8 Å². The van der Waals surface area contributed by atoms with Crippen molar-refractivity contribution in [2.24, 2.45) is 33.5 Å². The lowest BCUT2D eigenvalue weighted by Gasteiger charge is -2.60. The molecule has 5 rings (SSSR count). The van der Waals surface area contributed by atoms with Crippen LogP contribution in [0.25, 0.3) is 6.08 Å². The van der Waals surface area contributed by atoms with Crippen LogP contribution in [0, 0.1) is 33.5 Å². The largest absolute Gasteiger partial charge is 0.461 e. The summed E-state index contributed by atoms with van der Waals surface area (Å²) in [5.41, 5.74) is -2.81. The van der Waals surface area contributed by atoms with Crippen LogP contribution >= 0.6 is 0 Å². The molecule has 0 heterocycles. The van der Waals surface area contributed by atoms with Gasteiger partial charge in [0.05, 0.1) is 11.5 Å². The topological polar surface area (TPSA) is 116 Å². The number of esters is 3. The number of aliphatic hydroxyl groups excluding tert-OH is 1.